The minimum atomic E-state index is -0.693. The molecule has 0 aliphatic carbocycles. The highest BCUT2D eigenvalue weighted by molar-refractivity contribution is 5.68. The average Bonchev–Trinajstić information content (AvgIpc) is 2.60. The average molecular weight is 429 g/mol. The molecular weight excluding hydrogens is 392 g/mol. The summed E-state index contributed by atoms with van der Waals surface area (Å²) in [5.41, 5.74) is -1.07. The summed E-state index contributed by atoms with van der Waals surface area (Å²) in [5, 5.41) is 0. The largest absolute Gasteiger partial charge is 0.508 e. The van der Waals surface area contributed by atoms with Crippen LogP contribution in [-0.4, -0.2) is 77.7 Å². The van der Waals surface area contributed by atoms with Crippen LogP contribution in [-0.2, 0) is 18.9 Å². The lowest BCUT2D eigenvalue weighted by Crippen LogP contribution is -2.45. The molecule has 0 bridgehead atoms. The van der Waals surface area contributed by atoms with Gasteiger partial charge in [-0.05, 0) is 41.5 Å². The Labute approximate surface area is 178 Å². The van der Waals surface area contributed by atoms with Gasteiger partial charge in [-0.1, -0.05) is 0 Å². The van der Waals surface area contributed by atoms with Gasteiger partial charge in [-0.2, -0.15) is 0 Å². The molecule has 0 aromatic carbocycles. The fraction of sp³-hybridized carbons (Fsp3) is 0.857. The van der Waals surface area contributed by atoms with E-state index in [1.54, 1.807) is 9.80 Å². The van der Waals surface area contributed by atoms with Crippen LogP contribution in [0.4, 0.5) is 14.4 Å². The van der Waals surface area contributed by atoms with Crippen LogP contribution in [0.1, 0.15) is 67.2 Å². The fourth-order valence-electron chi connectivity index (χ4n) is 3.27. The van der Waals surface area contributed by atoms with Gasteiger partial charge in [0.15, 0.2) is 0 Å². The maximum atomic E-state index is 12.1. The third-order valence-electron chi connectivity index (χ3n) is 4.71. The Morgan fingerprint density at radius 2 is 0.933 bits per heavy atom. The van der Waals surface area contributed by atoms with Crippen LogP contribution >= 0.6 is 0 Å². The van der Waals surface area contributed by atoms with E-state index >= 15 is 0 Å². The zero-order valence-electron chi connectivity index (χ0n) is 19.1. The van der Waals surface area contributed by atoms with E-state index in [-0.39, 0.29) is 24.4 Å². The number of hydrogen-bond acceptors (Lipinski definition) is 7. The highest BCUT2D eigenvalue weighted by Crippen LogP contribution is 2.20. The molecule has 0 saturated carbocycles. The van der Waals surface area contributed by atoms with Crippen molar-refractivity contribution in [2.75, 3.05) is 26.2 Å². The number of ether oxygens (including phenoxy) is 4. The molecule has 0 aromatic heterocycles. The number of piperidine rings is 2. The molecule has 2 amide bonds. The number of rotatable bonds is 2. The number of amides is 2. The first-order chi connectivity index (χ1) is 13.8. The first kappa shape index (κ1) is 24.1. The molecular formula is C21H36N2O7. The van der Waals surface area contributed by atoms with Gasteiger partial charge >= 0.3 is 18.3 Å². The van der Waals surface area contributed by atoms with Gasteiger partial charge in [0.2, 0.25) is 0 Å². The first-order valence-corrected chi connectivity index (χ1v) is 10.7. The highest BCUT2D eigenvalue weighted by Gasteiger charge is 2.31. The van der Waals surface area contributed by atoms with Gasteiger partial charge in [-0.15, -0.1) is 0 Å². The Morgan fingerprint density at radius 3 is 1.20 bits per heavy atom. The lowest BCUT2D eigenvalue weighted by molar-refractivity contribution is -0.0365. The summed E-state index contributed by atoms with van der Waals surface area (Å²) in [6.45, 7) is 12.9. The van der Waals surface area contributed by atoms with Crippen molar-refractivity contribution in [3.8, 4) is 0 Å². The van der Waals surface area contributed by atoms with Gasteiger partial charge in [-0.3, -0.25) is 0 Å². The van der Waals surface area contributed by atoms with E-state index in [4.69, 9.17) is 18.9 Å². The number of nitrogens with zero attached hydrogens (tertiary/aromatic N) is 2. The Balaban J connectivity index is 1.66. The van der Waals surface area contributed by atoms with E-state index in [9.17, 15) is 14.4 Å². The predicted molar refractivity (Wildman–Crippen MR) is 109 cm³/mol. The molecule has 172 valence electrons. The van der Waals surface area contributed by atoms with Crippen molar-refractivity contribution < 1.29 is 33.3 Å². The zero-order valence-corrected chi connectivity index (χ0v) is 19.1. The molecule has 2 saturated heterocycles. The van der Waals surface area contributed by atoms with Crippen LogP contribution in [0.15, 0.2) is 0 Å². The van der Waals surface area contributed by atoms with Crippen molar-refractivity contribution in [3.63, 3.8) is 0 Å². The summed E-state index contributed by atoms with van der Waals surface area (Å²) in [4.78, 5) is 39.6. The molecule has 0 atom stereocenters. The molecule has 0 radical (unpaired) electrons. The molecule has 2 fully saturated rings. The second kappa shape index (κ2) is 9.75. The SMILES string of the molecule is CC(C)(C)OC(=O)N1CCC(OC(=O)OC2CCN(C(=O)OC(C)(C)C)CC2)CC1. The smallest absolute Gasteiger partial charge is 0.444 e. The third-order valence-corrected chi connectivity index (χ3v) is 4.71. The van der Waals surface area contributed by atoms with Crippen LogP contribution in [0, 0.1) is 0 Å². The van der Waals surface area contributed by atoms with E-state index in [1.807, 2.05) is 41.5 Å². The number of carbonyl (C=O) groups is 3. The van der Waals surface area contributed by atoms with Crippen molar-refractivity contribution in [3.05, 3.63) is 0 Å². The topological polar surface area (TPSA) is 94.6 Å². The van der Waals surface area contributed by atoms with Crippen LogP contribution in [0.25, 0.3) is 0 Å². The lowest BCUT2D eigenvalue weighted by atomic mass is 10.1. The van der Waals surface area contributed by atoms with E-state index in [1.165, 1.54) is 0 Å². The van der Waals surface area contributed by atoms with Crippen molar-refractivity contribution in [1.29, 1.82) is 0 Å². The summed E-state index contributed by atoms with van der Waals surface area (Å²) in [5.74, 6) is 0. The Morgan fingerprint density at radius 1 is 0.633 bits per heavy atom. The molecule has 2 rings (SSSR count). The van der Waals surface area contributed by atoms with Crippen molar-refractivity contribution in [1.82, 2.24) is 9.80 Å². The number of hydrogen-bond donors (Lipinski definition) is 0. The molecule has 30 heavy (non-hydrogen) atoms. The standard InChI is InChI=1S/C21H36N2O7/c1-20(2,3)29-17(24)22-11-7-15(8-12-22)27-19(26)28-16-9-13-23(14-10-16)18(25)30-21(4,5)6/h15-16H,7-14H2,1-6H3. The van der Waals surface area contributed by atoms with Gasteiger partial charge in [0.25, 0.3) is 0 Å². The Bertz CT molecular complexity index is 556. The summed E-state index contributed by atoms with van der Waals surface area (Å²) in [7, 11) is 0. The molecule has 2 aliphatic rings. The van der Waals surface area contributed by atoms with Crippen LogP contribution in [0.2, 0.25) is 0 Å². The van der Waals surface area contributed by atoms with Crippen LogP contribution < -0.4 is 0 Å². The molecule has 0 aromatic rings. The predicted octanol–water partition coefficient (Wildman–Crippen LogP) is 3.94. The van der Waals surface area contributed by atoms with Crippen LogP contribution in [0.5, 0.6) is 0 Å². The summed E-state index contributed by atoms with van der Waals surface area (Å²) in [6, 6.07) is 0. The molecule has 2 aliphatic heterocycles. The third kappa shape index (κ3) is 8.28. The van der Waals surface area contributed by atoms with Gasteiger partial charge in [0, 0.05) is 51.9 Å². The Hall–Kier alpha value is -2.19. The second-order valence-corrected chi connectivity index (χ2v) is 9.82. The zero-order chi connectivity index (χ0) is 22.5. The maximum Gasteiger partial charge on any atom is 0.508 e. The number of likely N-dealkylation sites (tertiary alicyclic amines) is 2. The fourth-order valence-corrected chi connectivity index (χ4v) is 3.27. The van der Waals surface area contributed by atoms with Crippen molar-refractivity contribution >= 4 is 18.3 Å². The van der Waals surface area contributed by atoms with Gasteiger partial charge < -0.3 is 28.7 Å². The molecule has 9 nitrogen and oxygen atoms in total. The summed E-state index contributed by atoms with van der Waals surface area (Å²) >= 11 is 0. The molecule has 9 heteroatoms. The summed E-state index contributed by atoms with van der Waals surface area (Å²) < 4.78 is 21.6. The van der Waals surface area contributed by atoms with E-state index in [0.29, 0.717) is 51.9 Å². The first-order valence-electron chi connectivity index (χ1n) is 10.7. The van der Waals surface area contributed by atoms with E-state index < -0.39 is 17.4 Å². The lowest BCUT2D eigenvalue weighted by Gasteiger charge is -2.34. The quantitative estimate of drug-likeness (QED) is 0.486. The molecule has 0 unspecified atom stereocenters. The normalized spacial score (nSPS) is 19.3. The van der Waals surface area contributed by atoms with Crippen molar-refractivity contribution in [2.24, 2.45) is 0 Å². The molecule has 2 heterocycles. The van der Waals surface area contributed by atoms with Gasteiger partial charge in [0.05, 0.1) is 0 Å². The van der Waals surface area contributed by atoms with E-state index in [0.717, 1.165) is 0 Å². The number of carbonyl (C=O) groups excluding carboxylic acids is 3. The second-order valence-electron chi connectivity index (χ2n) is 9.82. The van der Waals surface area contributed by atoms with E-state index in [2.05, 4.69) is 0 Å². The summed E-state index contributed by atoms with van der Waals surface area (Å²) in [6.07, 6.45) is 0.242. The van der Waals surface area contributed by atoms with Crippen LogP contribution in [0.3, 0.4) is 0 Å². The highest BCUT2D eigenvalue weighted by atomic mass is 16.7. The van der Waals surface area contributed by atoms with Gasteiger partial charge in [0.1, 0.15) is 23.4 Å². The minimum absolute atomic E-state index is 0.280. The monoisotopic (exact) mass is 428 g/mol. The Kier molecular flexibility index (Phi) is 7.82. The van der Waals surface area contributed by atoms with Gasteiger partial charge in [-0.25, -0.2) is 14.4 Å². The van der Waals surface area contributed by atoms with Crippen molar-refractivity contribution in [2.45, 2.75) is 90.6 Å². The molecule has 0 N–H and O–H groups in total. The molecule has 0 spiro atoms. The maximum absolute atomic E-state index is 12.1. The minimum Gasteiger partial charge on any atom is -0.444 e.